The lowest BCUT2D eigenvalue weighted by molar-refractivity contribution is -0.119. The van der Waals surface area contributed by atoms with Gasteiger partial charge in [0.05, 0.1) is 17.2 Å². The van der Waals surface area contributed by atoms with Crippen molar-refractivity contribution in [3.63, 3.8) is 0 Å². The van der Waals surface area contributed by atoms with Crippen molar-refractivity contribution in [1.82, 2.24) is 5.32 Å². The zero-order chi connectivity index (χ0) is 24.0. The second kappa shape index (κ2) is 10.5. The molecule has 0 aliphatic rings. The van der Waals surface area contributed by atoms with E-state index in [4.69, 9.17) is 4.74 Å². The Hall–Kier alpha value is -3.32. The van der Waals surface area contributed by atoms with E-state index in [9.17, 15) is 13.2 Å². The molecule has 0 heterocycles. The molecule has 0 atom stereocenters. The maximum atomic E-state index is 13.5. The summed E-state index contributed by atoms with van der Waals surface area (Å²) in [6.07, 6.45) is 0. The predicted octanol–water partition coefficient (Wildman–Crippen LogP) is 4.52. The van der Waals surface area contributed by atoms with E-state index in [0.29, 0.717) is 12.3 Å². The third-order valence-electron chi connectivity index (χ3n) is 5.46. The molecule has 33 heavy (non-hydrogen) atoms. The van der Waals surface area contributed by atoms with Gasteiger partial charge in [-0.05, 0) is 74.7 Å². The van der Waals surface area contributed by atoms with E-state index >= 15 is 0 Å². The summed E-state index contributed by atoms with van der Waals surface area (Å²) in [5.74, 6) is 0.373. The Morgan fingerprint density at radius 1 is 0.939 bits per heavy atom. The zero-order valence-electron chi connectivity index (χ0n) is 19.5. The monoisotopic (exact) mass is 466 g/mol. The molecular weight excluding hydrogens is 436 g/mol. The molecule has 6 nitrogen and oxygen atoms in total. The van der Waals surface area contributed by atoms with Crippen LogP contribution in [0.5, 0.6) is 5.75 Å². The van der Waals surface area contributed by atoms with Gasteiger partial charge >= 0.3 is 0 Å². The Balaban J connectivity index is 1.84. The molecule has 0 saturated carbocycles. The number of carbonyl (C=O) groups excluding carboxylic acids is 1. The number of nitrogens with one attached hydrogen (secondary N) is 1. The highest BCUT2D eigenvalue weighted by atomic mass is 32.2. The smallest absolute Gasteiger partial charge is 0.264 e. The first-order valence-electron chi connectivity index (χ1n) is 10.9. The van der Waals surface area contributed by atoms with Crippen LogP contribution < -0.4 is 14.4 Å². The van der Waals surface area contributed by atoms with E-state index in [1.165, 1.54) is 4.31 Å². The van der Waals surface area contributed by atoms with Crippen molar-refractivity contribution in [2.75, 3.05) is 17.5 Å². The van der Waals surface area contributed by atoms with Crippen LogP contribution in [0.3, 0.4) is 0 Å². The molecule has 3 aromatic carbocycles. The number of sulfonamides is 1. The number of hydrogen-bond acceptors (Lipinski definition) is 4. The molecule has 1 amide bonds. The molecule has 0 radical (unpaired) electrons. The molecule has 1 N–H and O–H groups in total. The molecule has 0 unspecified atom stereocenters. The minimum atomic E-state index is -3.94. The van der Waals surface area contributed by atoms with Crippen molar-refractivity contribution in [3.8, 4) is 5.75 Å². The summed E-state index contributed by atoms with van der Waals surface area (Å²) in [7, 11) is -3.94. The molecule has 174 valence electrons. The summed E-state index contributed by atoms with van der Waals surface area (Å²) in [6, 6.07) is 19.5. The zero-order valence-corrected chi connectivity index (χ0v) is 20.3. The molecule has 0 aromatic heterocycles. The molecule has 0 bridgehead atoms. The van der Waals surface area contributed by atoms with E-state index in [-0.39, 0.29) is 23.9 Å². The van der Waals surface area contributed by atoms with Crippen LogP contribution in [0.1, 0.15) is 29.2 Å². The van der Waals surface area contributed by atoms with E-state index in [1.807, 2.05) is 58.0 Å². The van der Waals surface area contributed by atoms with Gasteiger partial charge in [-0.3, -0.25) is 9.10 Å². The first-order chi connectivity index (χ1) is 15.7. The maximum absolute atomic E-state index is 13.5. The summed E-state index contributed by atoms with van der Waals surface area (Å²) in [6.45, 7) is 8.14. The lowest BCUT2D eigenvalue weighted by Crippen LogP contribution is -2.41. The van der Waals surface area contributed by atoms with Gasteiger partial charge in [0.2, 0.25) is 5.91 Å². The molecule has 0 aliphatic carbocycles. The summed E-state index contributed by atoms with van der Waals surface area (Å²) in [4.78, 5) is 13.0. The average Bonchev–Trinajstić information content (AvgIpc) is 2.79. The Morgan fingerprint density at radius 2 is 1.61 bits per heavy atom. The van der Waals surface area contributed by atoms with Crippen LogP contribution in [0.15, 0.2) is 71.6 Å². The fourth-order valence-corrected chi connectivity index (χ4v) is 4.88. The van der Waals surface area contributed by atoms with E-state index < -0.39 is 10.0 Å². The van der Waals surface area contributed by atoms with Gasteiger partial charge in [-0.15, -0.1) is 0 Å². The van der Waals surface area contributed by atoms with Crippen molar-refractivity contribution in [2.45, 2.75) is 39.1 Å². The van der Waals surface area contributed by atoms with Crippen molar-refractivity contribution < 1.29 is 17.9 Å². The van der Waals surface area contributed by atoms with Gasteiger partial charge in [-0.2, -0.15) is 0 Å². The van der Waals surface area contributed by atoms with Gasteiger partial charge in [0.1, 0.15) is 12.3 Å². The van der Waals surface area contributed by atoms with Crippen LogP contribution in [0, 0.1) is 20.8 Å². The highest BCUT2D eigenvalue weighted by molar-refractivity contribution is 7.92. The van der Waals surface area contributed by atoms with Crippen molar-refractivity contribution in [1.29, 1.82) is 0 Å². The standard InChI is InChI=1S/C26H30N2O4S/c1-5-32-23-13-11-22(12-14-23)17-27-26(29)18-28(25-8-6-7-20(3)21(25)4)33(30,31)24-15-9-19(2)10-16-24/h6-16H,5,17-18H2,1-4H3,(H,27,29). The topological polar surface area (TPSA) is 75.7 Å². The number of anilines is 1. The summed E-state index contributed by atoms with van der Waals surface area (Å²) in [5.41, 5.74) is 4.11. The van der Waals surface area contributed by atoms with Gasteiger partial charge in [-0.1, -0.05) is 42.0 Å². The lowest BCUT2D eigenvalue weighted by Gasteiger charge is -2.26. The molecule has 0 spiro atoms. The number of hydrogen-bond donors (Lipinski definition) is 1. The molecule has 0 aliphatic heterocycles. The number of ether oxygens (including phenoxy) is 1. The number of aryl methyl sites for hydroxylation is 2. The van der Waals surface area contributed by atoms with Crippen LogP contribution in [0.2, 0.25) is 0 Å². The lowest BCUT2D eigenvalue weighted by atomic mass is 10.1. The number of nitrogens with zero attached hydrogens (tertiary/aromatic N) is 1. The molecule has 0 saturated heterocycles. The first-order valence-corrected chi connectivity index (χ1v) is 12.3. The molecule has 3 aromatic rings. The summed E-state index contributed by atoms with van der Waals surface area (Å²) in [5, 5.41) is 2.83. The average molecular weight is 467 g/mol. The van der Waals surface area contributed by atoms with Crippen LogP contribution in [-0.4, -0.2) is 27.5 Å². The molecule has 7 heteroatoms. The first kappa shape index (κ1) is 24.3. The Bertz CT molecular complexity index is 1200. The van der Waals surface area contributed by atoms with Crippen LogP contribution in [0.25, 0.3) is 0 Å². The van der Waals surface area contributed by atoms with Crippen LogP contribution >= 0.6 is 0 Å². The van der Waals surface area contributed by atoms with Crippen molar-refractivity contribution in [2.24, 2.45) is 0 Å². The second-order valence-electron chi connectivity index (χ2n) is 7.90. The fourth-order valence-electron chi connectivity index (χ4n) is 3.40. The summed E-state index contributed by atoms with van der Waals surface area (Å²) >= 11 is 0. The van der Waals surface area contributed by atoms with Crippen LogP contribution in [0.4, 0.5) is 5.69 Å². The highest BCUT2D eigenvalue weighted by Gasteiger charge is 2.28. The minimum Gasteiger partial charge on any atom is -0.494 e. The highest BCUT2D eigenvalue weighted by Crippen LogP contribution is 2.28. The van der Waals surface area contributed by atoms with Gasteiger partial charge in [0.25, 0.3) is 10.0 Å². The number of amides is 1. The maximum Gasteiger partial charge on any atom is 0.264 e. The van der Waals surface area contributed by atoms with Crippen molar-refractivity contribution in [3.05, 3.63) is 89.0 Å². The van der Waals surface area contributed by atoms with Crippen molar-refractivity contribution >= 4 is 21.6 Å². The quantitative estimate of drug-likeness (QED) is 0.503. The largest absolute Gasteiger partial charge is 0.494 e. The Morgan fingerprint density at radius 3 is 2.24 bits per heavy atom. The van der Waals surface area contributed by atoms with E-state index in [1.54, 1.807) is 36.4 Å². The summed E-state index contributed by atoms with van der Waals surface area (Å²) < 4.78 is 33.7. The molecule has 0 fully saturated rings. The fraction of sp³-hybridized carbons (Fsp3) is 0.269. The molecular formula is C26H30N2O4S. The van der Waals surface area contributed by atoms with Crippen LogP contribution in [-0.2, 0) is 21.4 Å². The van der Waals surface area contributed by atoms with Gasteiger partial charge in [0, 0.05) is 6.54 Å². The Labute approximate surface area is 196 Å². The Kier molecular flexibility index (Phi) is 7.76. The van der Waals surface area contributed by atoms with Gasteiger partial charge in [0.15, 0.2) is 0 Å². The minimum absolute atomic E-state index is 0.147. The third-order valence-corrected chi connectivity index (χ3v) is 7.24. The van der Waals surface area contributed by atoms with E-state index in [0.717, 1.165) is 28.0 Å². The SMILES string of the molecule is CCOc1ccc(CNC(=O)CN(c2cccc(C)c2C)S(=O)(=O)c2ccc(C)cc2)cc1. The van der Waals surface area contributed by atoms with Gasteiger partial charge in [-0.25, -0.2) is 8.42 Å². The second-order valence-corrected chi connectivity index (χ2v) is 9.76. The third kappa shape index (κ3) is 5.93. The number of rotatable bonds is 9. The van der Waals surface area contributed by atoms with Gasteiger partial charge < -0.3 is 10.1 Å². The van der Waals surface area contributed by atoms with E-state index in [2.05, 4.69) is 5.32 Å². The molecule has 3 rings (SSSR count). The number of carbonyl (C=O) groups is 1. The normalized spacial score (nSPS) is 11.2. The number of benzene rings is 3. The predicted molar refractivity (Wildman–Crippen MR) is 131 cm³/mol.